The predicted octanol–water partition coefficient (Wildman–Crippen LogP) is 9.45. The molecule has 0 radical (unpaired) electrons. The van der Waals surface area contributed by atoms with Crippen LogP contribution in [-0.2, 0) is 25.7 Å². The number of benzene rings is 2. The highest BCUT2D eigenvalue weighted by Gasteiger charge is 2.44. The van der Waals surface area contributed by atoms with Gasteiger partial charge in [0.2, 0.25) is 0 Å². The lowest BCUT2D eigenvalue weighted by atomic mass is 9.68. The number of carbonyl (C=O) groups is 4. The lowest BCUT2D eigenvalue weighted by molar-refractivity contribution is -0.161. The van der Waals surface area contributed by atoms with E-state index in [1.165, 1.54) is 5.57 Å². The van der Waals surface area contributed by atoms with Crippen LogP contribution in [0.2, 0.25) is 0 Å². The molecule has 0 spiro atoms. The number of carbonyl (C=O) groups excluding carboxylic acids is 4. The van der Waals surface area contributed by atoms with Gasteiger partial charge in [-0.1, -0.05) is 55.8 Å². The summed E-state index contributed by atoms with van der Waals surface area (Å²) in [7, 11) is 0. The zero-order valence-electron chi connectivity index (χ0n) is 32.5. The monoisotopic (exact) mass is 689 g/mol. The third-order valence-electron chi connectivity index (χ3n) is 8.96. The third-order valence-corrected chi connectivity index (χ3v) is 8.96. The molecule has 0 saturated carbocycles. The quantitative estimate of drug-likeness (QED) is 0.150. The second kappa shape index (κ2) is 15.9. The van der Waals surface area contributed by atoms with Gasteiger partial charge in [0, 0.05) is 18.0 Å². The summed E-state index contributed by atoms with van der Waals surface area (Å²) in [5, 5.41) is 2.99. The van der Waals surface area contributed by atoms with Crippen molar-refractivity contribution in [1.82, 2.24) is 5.32 Å². The molecule has 1 amide bonds. The van der Waals surface area contributed by atoms with Crippen molar-refractivity contribution in [2.75, 3.05) is 0 Å². The molecule has 0 unspecified atom stereocenters. The van der Waals surface area contributed by atoms with E-state index in [4.69, 9.17) is 14.2 Å². The molecule has 0 saturated heterocycles. The molecule has 1 aliphatic rings. The van der Waals surface area contributed by atoms with E-state index in [1.54, 1.807) is 47.6 Å². The Morgan fingerprint density at radius 2 is 1.38 bits per heavy atom. The molecule has 0 heterocycles. The molecule has 4 atom stereocenters. The van der Waals surface area contributed by atoms with Crippen LogP contribution in [0.5, 0.6) is 11.5 Å². The van der Waals surface area contributed by atoms with Crippen LogP contribution >= 0.6 is 0 Å². The average Bonchev–Trinajstić information content (AvgIpc) is 2.99. The van der Waals surface area contributed by atoms with Crippen LogP contribution in [0.15, 0.2) is 48.0 Å². The van der Waals surface area contributed by atoms with Gasteiger partial charge in [0.15, 0.2) is 11.5 Å². The number of esters is 3. The summed E-state index contributed by atoms with van der Waals surface area (Å²) < 4.78 is 18.7. The number of rotatable bonds is 10. The normalized spacial score (nSPS) is 18.3. The summed E-state index contributed by atoms with van der Waals surface area (Å²) in [6.07, 6.45) is 3.76. The number of ether oxygens (including phenoxy) is 3. The molecule has 2 aromatic carbocycles. The molecule has 1 aliphatic carbocycles. The van der Waals surface area contributed by atoms with E-state index in [0.29, 0.717) is 12.0 Å². The van der Waals surface area contributed by atoms with E-state index >= 15 is 0 Å². The fraction of sp³-hybridized carbons (Fsp3) is 0.571. The van der Waals surface area contributed by atoms with Crippen LogP contribution in [0.3, 0.4) is 0 Å². The molecule has 8 nitrogen and oxygen atoms in total. The van der Waals surface area contributed by atoms with Crippen molar-refractivity contribution in [3.8, 4) is 11.5 Å². The number of amides is 1. The molecule has 3 rings (SSSR count). The lowest BCUT2D eigenvalue weighted by Gasteiger charge is -2.41. The third kappa shape index (κ3) is 10.3. The first-order valence-corrected chi connectivity index (χ1v) is 17.8. The smallest absolute Gasteiger partial charge is 0.316 e. The Balaban J connectivity index is 2.38. The number of hydrogen-bond donors (Lipinski definition) is 1. The van der Waals surface area contributed by atoms with Crippen LogP contribution in [-0.4, -0.2) is 29.9 Å². The molecule has 2 aromatic rings. The van der Waals surface area contributed by atoms with Crippen LogP contribution in [0, 0.1) is 22.2 Å². The first-order valence-electron chi connectivity index (χ1n) is 17.8. The maximum Gasteiger partial charge on any atom is 0.316 e. The zero-order valence-corrected chi connectivity index (χ0v) is 32.5. The fourth-order valence-corrected chi connectivity index (χ4v) is 5.93. The van der Waals surface area contributed by atoms with Gasteiger partial charge in [-0.25, -0.2) is 0 Å². The van der Waals surface area contributed by atoms with Crippen molar-refractivity contribution in [1.29, 1.82) is 0 Å². The van der Waals surface area contributed by atoms with Gasteiger partial charge < -0.3 is 19.5 Å². The van der Waals surface area contributed by atoms with Gasteiger partial charge in [-0.15, -0.1) is 0 Å². The van der Waals surface area contributed by atoms with E-state index in [-0.39, 0.29) is 47.3 Å². The minimum absolute atomic E-state index is 0.00370. The van der Waals surface area contributed by atoms with Crippen LogP contribution in [0.25, 0.3) is 0 Å². The summed E-state index contributed by atoms with van der Waals surface area (Å²) >= 11 is 0. The summed E-state index contributed by atoms with van der Waals surface area (Å²) in [4.78, 5) is 54.8. The topological polar surface area (TPSA) is 108 Å². The molecule has 1 N–H and O–H groups in total. The molecule has 50 heavy (non-hydrogen) atoms. The SMILES string of the molecule is CC(C)=CCC[C@H](C)[C@H]1c2cc(C(=O)NCc3ccccc3)c(OC(=O)C(C)(C)C)c(OC(=O)C(C)(C)C)c2[C@H](C)C[C@H]1OC(=O)C(C)(C)C. The van der Waals surface area contributed by atoms with E-state index in [0.717, 1.165) is 24.0 Å². The van der Waals surface area contributed by atoms with Crippen LogP contribution in [0.4, 0.5) is 0 Å². The Bertz CT molecular complexity index is 1580. The zero-order chi connectivity index (χ0) is 37.8. The molecule has 8 heteroatoms. The highest BCUT2D eigenvalue weighted by atomic mass is 16.6. The van der Waals surface area contributed by atoms with Gasteiger partial charge in [0.05, 0.1) is 21.8 Å². The molecular formula is C42H59NO7. The van der Waals surface area contributed by atoms with Crippen LogP contribution < -0.4 is 14.8 Å². The van der Waals surface area contributed by atoms with E-state index in [9.17, 15) is 19.2 Å². The summed E-state index contributed by atoms with van der Waals surface area (Å²) in [5.41, 5.74) is 1.07. The Hall–Kier alpha value is -3.94. The molecule has 0 aromatic heterocycles. The van der Waals surface area contributed by atoms with Crippen molar-refractivity contribution in [3.05, 3.63) is 70.3 Å². The number of nitrogens with one attached hydrogen (secondary N) is 1. The Kier molecular flexibility index (Phi) is 12.9. The predicted molar refractivity (Wildman–Crippen MR) is 197 cm³/mol. The van der Waals surface area contributed by atoms with Crippen molar-refractivity contribution in [2.24, 2.45) is 22.2 Å². The van der Waals surface area contributed by atoms with Gasteiger partial charge in [-0.3, -0.25) is 19.2 Å². The number of hydrogen-bond acceptors (Lipinski definition) is 7. The van der Waals surface area contributed by atoms with E-state index < -0.39 is 40.2 Å². The van der Waals surface area contributed by atoms with Crippen LogP contribution in [0.1, 0.15) is 148 Å². The van der Waals surface area contributed by atoms with Crippen molar-refractivity contribution in [3.63, 3.8) is 0 Å². The summed E-state index contributed by atoms with van der Waals surface area (Å²) in [6, 6.07) is 11.3. The largest absolute Gasteiger partial charge is 0.461 e. The minimum atomic E-state index is -0.918. The molecule has 0 aliphatic heterocycles. The standard InChI is InChI=1S/C42H59NO7/c1-25(2)18-17-19-26(3)32-29-23-30(36(44)43-24-28-20-15-14-16-21-28)34(49-38(46)41(8,9)10)35(50-39(47)42(11,12)13)33(29)27(4)22-31(32)48-37(45)40(5,6)7/h14-16,18,20-21,23,26-27,31-32H,17,19,22,24H2,1-13H3,(H,43,44)/t26-,27+,31+,32-/m0/s1. The highest BCUT2D eigenvalue weighted by Crippen LogP contribution is 2.53. The fourth-order valence-electron chi connectivity index (χ4n) is 5.93. The molecular weight excluding hydrogens is 630 g/mol. The summed E-state index contributed by atoms with van der Waals surface area (Å²) in [6.45, 7) is 24.4. The minimum Gasteiger partial charge on any atom is -0.461 e. The van der Waals surface area contributed by atoms with E-state index in [2.05, 4.69) is 32.2 Å². The first-order chi connectivity index (χ1) is 23.0. The van der Waals surface area contributed by atoms with E-state index in [1.807, 2.05) is 58.0 Å². The first kappa shape index (κ1) is 40.5. The lowest BCUT2D eigenvalue weighted by Crippen LogP contribution is -2.39. The Labute approximate surface area is 299 Å². The number of fused-ring (bicyclic) bond motifs is 1. The maximum absolute atomic E-state index is 14.3. The molecule has 0 bridgehead atoms. The van der Waals surface area contributed by atoms with Gasteiger partial charge in [0.1, 0.15) is 6.10 Å². The van der Waals surface area contributed by atoms with Gasteiger partial charge in [-0.05, 0) is 124 Å². The maximum atomic E-state index is 14.3. The Morgan fingerprint density at radius 1 is 0.840 bits per heavy atom. The van der Waals surface area contributed by atoms with Gasteiger partial charge in [-0.2, -0.15) is 0 Å². The van der Waals surface area contributed by atoms with Gasteiger partial charge >= 0.3 is 17.9 Å². The highest BCUT2D eigenvalue weighted by molar-refractivity contribution is 6.00. The van der Waals surface area contributed by atoms with Crippen molar-refractivity contribution < 1.29 is 33.4 Å². The van der Waals surface area contributed by atoms with Crippen molar-refractivity contribution in [2.45, 2.75) is 134 Å². The summed E-state index contributed by atoms with van der Waals surface area (Å²) in [5.74, 6) is -2.53. The van der Waals surface area contributed by atoms with Gasteiger partial charge in [0.25, 0.3) is 5.91 Å². The second-order valence-electron chi connectivity index (χ2n) is 17.2. The second-order valence-corrected chi connectivity index (χ2v) is 17.2. The molecule has 0 fully saturated rings. The Morgan fingerprint density at radius 3 is 1.90 bits per heavy atom. The number of allylic oxidation sites excluding steroid dienone is 2. The average molecular weight is 690 g/mol. The van der Waals surface area contributed by atoms with Crippen molar-refractivity contribution >= 4 is 23.8 Å². The molecule has 274 valence electrons.